The van der Waals surface area contributed by atoms with Crippen LogP contribution >= 0.6 is 0 Å². The summed E-state index contributed by atoms with van der Waals surface area (Å²) in [5.74, 6) is 0.957. The molecule has 1 saturated heterocycles. The van der Waals surface area contributed by atoms with E-state index in [1.54, 1.807) is 0 Å². The smallest absolute Gasteiger partial charge is 0.0278 e. The maximum atomic E-state index is 3.88. The molecular formula is C13H24N2. The third-order valence-corrected chi connectivity index (χ3v) is 4.07. The van der Waals surface area contributed by atoms with E-state index in [4.69, 9.17) is 0 Å². The van der Waals surface area contributed by atoms with Gasteiger partial charge in [0.05, 0.1) is 0 Å². The van der Waals surface area contributed by atoms with Gasteiger partial charge in [-0.3, -0.25) is 4.90 Å². The highest BCUT2D eigenvalue weighted by Gasteiger charge is 2.41. The van der Waals surface area contributed by atoms with E-state index in [9.17, 15) is 0 Å². The summed E-state index contributed by atoms with van der Waals surface area (Å²) in [5, 5.41) is 3.73. The molecule has 2 atom stereocenters. The Morgan fingerprint density at radius 1 is 1.53 bits per heavy atom. The SMILES string of the molecule is C=CCN1CC(C)(CC)NCC1C1CC1. The lowest BCUT2D eigenvalue weighted by molar-refractivity contribution is 0.0838. The third kappa shape index (κ3) is 2.43. The van der Waals surface area contributed by atoms with Gasteiger partial charge in [-0.25, -0.2) is 0 Å². The molecule has 86 valence electrons. The number of rotatable bonds is 4. The Hall–Kier alpha value is -0.340. The van der Waals surface area contributed by atoms with Crippen molar-refractivity contribution >= 4 is 0 Å². The summed E-state index contributed by atoms with van der Waals surface area (Å²) in [4.78, 5) is 2.63. The molecule has 1 heterocycles. The topological polar surface area (TPSA) is 15.3 Å². The van der Waals surface area contributed by atoms with Crippen molar-refractivity contribution in [2.24, 2.45) is 5.92 Å². The van der Waals surface area contributed by atoms with Crippen molar-refractivity contribution in [1.29, 1.82) is 0 Å². The second kappa shape index (κ2) is 4.26. The summed E-state index contributed by atoms with van der Waals surface area (Å²) in [6.07, 6.45) is 6.13. The summed E-state index contributed by atoms with van der Waals surface area (Å²) in [7, 11) is 0. The average molecular weight is 208 g/mol. The van der Waals surface area contributed by atoms with Gasteiger partial charge in [0.2, 0.25) is 0 Å². The summed E-state index contributed by atoms with van der Waals surface area (Å²) in [5.41, 5.74) is 0.314. The highest BCUT2D eigenvalue weighted by Crippen LogP contribution is 2.37. The van der Waals surface area contributed by atoms with E-state index in [1.165, 1.54) is 32.4 Å². The molecule has 0 aromatic rings. The highest BCUT2D eigenvalue weighted by atomic mass is 15.3. The molecule has 1 aliphatic heterocycles. The molecule has 2 unspecified atom stereocenters. The lowest BCUT2D eigenvalue weighted by Crippen LogP contribution is -2.63. The number of nitrogens with zero attached hydrogens (tertiary/aromatic N) is 1. The van der Waals surface area contributed by atoms with Gasteiger partial charge in [-0.2, -0.15) is 0 Å². The lowest BCUT2D eigenvalue weighted by Gasteiger charge is -2.46. The van der Waals surface area contributed by atoms with Crippen LogP contribution in [0.5, 0.6) is 0 Å². The van der Waals surface area contributed by atoms with Crippen molar-refractivity contribution in [2.75, 3.05) is 19.6 Å². The van der Waals surface area contributed by atoms with E-state index < -0.39 is 0 Å². The zero-order valence-corrected chi connectivity index (χ0v) is 10.1. The van der Waals surface area contributed by atoms with E-state index in [-0.39, 0.29) is 0 Å². The van der Waals surface area contributed by atoms with Gasteiger partial charge in [0.15, 0.2) is 0 Å². The van der Waals surface area contributed by atoms with Gasteiger partial charge in [-0.05, 0) is 32.1 Å². The van der Waals surface area contributed by atoms with E-state index in [0.717, 1.165) is 18.5 Å². The largest absolute Gasteiger partial charge is 0.309 e. The van der Waals surface area contributed by atoms with Crippen LogP contribution in [0.3, 0.4) is 0 Å². The minimum Gasteiger partial charge on any atom is -0.309 e. The molecule has 15 heavy (non-hydrogen) atoms. The van der Waals surface area contributed by atoms with Gasteiger partial charge < -0.3 is 5.32 Å². The molecule has 2 rings (SSSR count). The maximum absolute atomic E-state index is 3.88. The van der Waals surface area contributed by atoms with Crippen LogP contribution in [0.4, 0.5) is 0 Å². The minimum atomic E-state index is 0.314. The monoisotopic (exact) mass is 208 g/mol. The van der Waals surface area contributed by atoms with Crippen LogP contribution in [0.2, 0.25) is 0 Å². The molecule has 0 spiro atoms. The van der Waals surface area contributed by atoms with Gasteiger partial charge in [-0.1, -0.05) is 13.0 Å². The van der Waals surface area contributed by atoms with Crippen LogP contribution in [0, 0.1) is 5.92 Å². The highest BCUT2D eigenvalue weighted by molar-refractivity contribution is 5.00. The number of piperazine rings is 1. The Labute approximate surface area is 93.7 Å². The number of hydrogen-bond donors (Lipinski definition) is 1. The Morgan fingerprint density at radius 2 is 2.27 bits per heavy atom. The zero-order chi connectivity index (χ0) is 10.9. The molecule has 2 nitrogen and oxygen atoms in total. The Kier molecular flexibility index (Phi) is 3.17. The van der Waals surface area contributed by atoms with Crippen LogP contribution in [0.25, 0.3) is 0 Å². The predicted molar refractivity (Wildman–Crippen MR) is 65.0 cm³/mol. The fraction of sp³-hybridized carbons (Fsp3) is 0.846. The molecule has 0 aromatic carbocycles. The summed E-state index contributed by atoms with van der Waals surface area (Å²) < 4.78 is 0. The molecular weight excluding hydrogens is 184 g/mol. The maximum Gasteiger partial charge on any atom is 0.0278 e. The normalized spacial score (nSPS) is 37.9. The second-order valence-electron chi connectivity index (χ2n) is 5.42. The fourth-order valence-corrected chi connectivity index (χ4v) is 2.65. The molecule has 1 N–H and O–H groups in total. The number of hydrogen-bond acceptors (Lipinski definition) is 2. The van der Waals surface area contributed by atoms with Gasteiger partial charge in [0.1, 0.15) is 0 Å². The first-order chi connectivity index (χ1) is 7.18. The first-order valence-electron chi connectivity index (χ1n) is 6.28. The molecule has 2 aliphatic rings. The molecule has 2 heteroatoms. The first-order valence-corrected chi connectivity index (χ1v) is 6.28. The Balaban J connectivity index is 2.00. The van der Waals surface area contributed by atoms with Gasteiger partial charge >= 0.3 is 0 Å². The molecule has 1 saturated carbocycles. The predicted octanol–water partition coefficient (Wildman–Crippen LogP) is 2.02. The molecule has 1 aliphatic carbocycles. The minimum absolute atomic E-state index is 0.314. The van der Waals surface area contributed by atoms with Crippen molar-refractivity contribution in [3.05, 3.63) is 12.7 Å². The van der Waals surface area contributed by atoms with Crippen molar-refractivity contribution in [3.63, 3.8) is 0 Å². The summed E-state index contributed by atoms with van der Waals surface area (Å²) >= 11 is 0. The number of nitrogens with one attached hydrogen (secondary N) is 1. The summed E-state index contributed by atoms with van der Waals surface area (Å²) in [6.45, 7) is 11.9. The van der Waals surface area contributed by atoms with Crippen molar-refractivity contribution < 1.29 is 0 Å². The van der Waals surface area contributed by atoms with Crippen molar-refractivity contribution in [2.45, 2.75) is 44.7 Å². The molecule has 0 aromatic heterocycles. The van der Waals surface area contributed by atoms with E-state index in [2.05, 4.69) is 36.7 Å². The molecule has 0 radical (unpaired) electrons. The Bertz CT molecular complexity index is 235. The van der Waals surface area contributed by atoms with Crippen LogP contribution in [0.1, 0.15) is 33.1 Å². The van der Waals surface area contributed by atoms with Gasteiger partial charge in [-0.15, -0.1) is 6.58 Å². The van der Waals surface area contributed by atoms with Crippen LogP contribution in [-0.2, 0) is 0 Å². The lowest BCUT2D eigenvalue weighted by atomic mass is 9.92. The third-order valence-electron chi connectivity index (χ3n) is 4.07. The van der Waals surface area contributed by atoms with Gasteiger partial charge in [0, 0.05) is 31.2 Å². The summed E-state index contributed by atoms with van der Waals surface area (Å²) in [6, 6.07) is 0.766. The molecule has 0 bridgehead atoms. The van der Waals surface area contributed by atoms with Crippen LogP contribution in [0.15, 0.2) is 12.7 Å². The van der Waals surface area contributed by atoms with Crippen molar-refractivity contribution in [3.8, 4) is 0 Å². The zero-order valence-electron chi connectivity index (χ0n) is 10.1. The first kappa shape index (κ1) is 11.2. The molecule has 2 fully saturated rings. The Morgan fingerprint density at radius 3 is 2.80 bits per heavy atom. The average Bonchev–Trinajstić information content (AvgIpc) is 3.03. The van der Waals surface area contributed by atoms with Crippen molar-refractivity contribution in [1.82, 2.24) is 10.2 Å². The quantitative estimate of drug-likeness (QED) is 0.711. The van der Waals surface area contributed by atoms with Crippen LogP contribution < -0.4 is 5.32 Å². The van der Waals surface area contributed by atoms with Gasteiger partial charge in [0.25, 0.3) is 0 Å². The fourth-order valence-electron chi connectivity index (χ4n) is 2.65. The standard InChI is InChI=1S/C13H24N2/c1-4-8-15-10-13(3,5-2)14-9-12(15)11-6-7-11/h4,11-12,14H,1,5-10H2,2-3H3. The van der Waals surface area contributed by atoms with Crippen LogP contribution in [-0.4, -0.2) is 36.1 Å². The van der Waals surface area contributed by atoms with E-state index in [0.29, 0.717) is 5.54 Å². The second-order valence-corrected chi connectivity index (χ2v) is 5.42. The van der Waals surface area contributed by atoms with E-state index >= 15 is 0 Å². The van der Waals surface area contributed by atoms with E-state index in [1.807, 2.05) is 0 Å². The molecule has 0 amide bonds.